The molecule has 1 rings (SSSR count). The van der Waals surface area contributed by atoms with Crippen LogP contribution < -0.4 is 0 Å². The van der Waals surface area contributed by atoms with Gasteiger partial charge in [0.05, 0.1) is 0 Å². The molecule has 1 aliphatic carbocycles. The van der Waals surface area contributed by atoms with Gasteiger partial charge >= 0.3 is 0 Å². The molecule has 1 fully saturated rings. The second-order valence-electron chi connectivity index (χ2n) is 4.85. The normalized spacial score (nSPS) is 16.9. The van der Waals surface area contributed by atoms with Crippen molar-refractivity contribution in [3.8, 4) is 0 Å². The zero-order valence-electron chi connectivity index (χ0n) is 9.64. The molecule has 0 aromatic carbocycles. The van der Waals surface area contributed by atoms with Crippen molar-refractivity contribution in [2.75, 3.05) is 19.0 Å². The van der Waals surface area contributed by atoms with Crippen LogP contribution in [0.15, 0.2) is 0 Å². The highest BCUT2D eigenvalue weighted by atomic mass is 35.5. The van der Waals surface area contributed by atoms with Gasteiger partial charge in [0.15, 0.2) is 0 Å². The van der Waals surface area contributed by atoms with E-state index in [0.717, 1.165) is 17.8 Å². The minimum atomic E-state index is 0.822. The molecular weight excluding hydrogens is 194 g/mol. The Labute approximate surface area is 93.8 Å². The second kappa shape index (κ2) is 6.68. The van der Waals surface area contributed by atoms with E-state index in [1.54, 1.807) is 0 Å². The molecule has 84 valence electrons. The molecule has 1 saturated carbocycles. The summed E-state index contributed by atoms with van der Waals surface area (Å²) in [7, 11) is 0. The molecular formula is C12H24ClN. The Balaban J connectivity index is 2.11. The number of hydrogen-bond acceptors (Lipinski definition) is 1. The zero-order chi connectivity index (χ0) is 10.4. The summed E-state index contributed by atoms with van der Waals surface area (Å²) in [6.45, 7) is 7.18. The first-order chi connectivity index (χ1) is 6.74. The van der Waals surface area contributed by atoms with Gasteiger partial charge in [-0.05, 0) is 51.1 Å². The van der Waals surface area contributed by atoms with Crippen molar-refractivity contribution in [1.82, 2.24) is 4.90 Å². The number of halogens is 1. The zero-order valence-corrected chi connectivity index (χ0v) is 10.4. The molecule has 14 heavy (non-hydrogen) atoms. The Bertz CT molecular complexity index is 143. The molecule has 0 N–H and O–H groups in total. The van der Waals surface area contributed by atoms with Crippen LogP contribution in [0.5, 0.6) is 0 Å². The van der Waals surface area contributed by atoms with Crippen molar-refractivity contribution < 1.29 is 0 Å². The maximum atomic E-state index is 5.69. The highest BCUT2D eigenvalue weighted by Crippen LogP contribution is 2.27. The minimum Gasteiger partial charge on any atom is -0.300 e. The lowest BCUT2D eigenvalue weighted by atomic mass is 10.1. The van der Waals surface area contributed by atoms with Crippen LogP contribution in [0, 0.1) is 5.92 Å². The van der Waals surface area contributed by atoms with Gasteiger partial charge in [-0.25, -0.2) is 0 Å². The average molecular weight is 218 g/mol. The fourth-order valence-electron chi connectivity index (χ4n) is 1.75. The van der Waals surface area contributed by atoms with Crippen LogP contribution in [-0.4, -0.2) is 29.9 Å². The Morgan fingerprint density at radius 2 is 1.93 bits per heavy atom. The summed E-state index contributed by atoms with van der Waals surface area (Å²) in [5, 5.41) is 0. The van der Waals surface area contributed by atoms with Crippen LogP contribution in [0.4, 0.5) is 0 Å². The number of unbranched alkanes of at least 4 members (excludes halogenated alkanes) is 1. The Kier molecular flexibility index (Phi) is 5.88. The molecule has 0 saturated heterocycles. The number of alkyl halides is 1. The molecule has 0 spiro atoms. The van der Waals surface area contributed by atoms with Gasteiger partial charge < -0.3 is 4.90 Å². The first-order valence-corrected chi connectivity index (χ1v) is 6.57. The molecule has 0 aliphatic heterocycles. The molecule has 0 unspecified atom stereocenters. The highest BCUT2D eigenvalue weighted by Gasteiger charge is 2.27. The monoisotopic (exact) mass is 217 g/mol. The molecule has 0 heterocycles. The molecule has 0 aromatic rings. The first-order valence-electron chi connectivity index (χ1n) is 6.04. The van der Waals surface area contributed by atoms with Crippen molar-refractivity contribution in [1.29, 1.82) is 0 Å². The van der Waals surface area contributed by atoms with Crippen molar-refractivity contribution in [2.24, 2.45) is 5.92 Å². The van der Waals surface area contributed by atoms with Crippen LogP contribution >= 0.6 is 11.6 Å². The van der Waals surface area contributed by atoms with Gasteiger partial charge in [0.2, 0.25) is 0 Å². The van der Waals surface area contributed by atoms with Crippen LogP contribution in [0.25, 0.3) is 0 Å². The van der Waals surface area contributed by atoms with E-state index in [4.69, 9.17) is 11.6 Å². The van der Waals surface area contributed by atoms with Crippen LogP contribution in [-0.2, 0) is 0 Å². The van der Waals surface area contributed by atoms with Crippen molar-refractivity contribution in [3.63, 3.8) is 0 Å². The number of nitrogens with zero attached hydrogens (tertiary/aromatic N) is 1. The summed E-state index contributed by atoms with van der Waals surface area (Å²) >= 11 is 5.69. The predicted molar refractivity (Wildman–Crippen MR) is 64.0 cm³/mol. The maximum Gasteiger partial charge on any atom is 0.0223 e. The standard InChI is InChI=1S/C12H24ClN/c1-11(2)7-10-14(12-5-6-12)9-4-3-8-13/h11-12H,3-10H2,1-2H3. The van der Waals surface area contributed by atoms with Crippen LogP contribution in [0.1, 0.15) is 46.0 Å². The molecule has 2 heteroatoms. The van der Waals surface area contributed by atoms with E-state index in [1.807, 2.05) is 0 Å². The Morgan fingerprint density at radius 1 is 1.21 bits per heavy atom. The second-order valence-corrected chi connectivity index (χ2v) is 5.22. The topological polar surface area (TPSA) is 3.24 Å². The maximum absolute atomic E-state index is 5.69. The molecule has 0 amide bonds. The molecule has 0 radical (unpaired) electrons. The largest absolute Gasteiger partial charge is 0.300 e. The fraction of sp³-hybridized carbons (Fsp3) is 1.00. The van der Waals surface area contributed by atoms with E-state index in [0.29, 0.717) is 0 Å². The first kappa shape index (κ1) is 12.3. The number of hydrogen-bond donors (Lipinski definition) is 0. The van der Waals surface area contributed by atoms with Gasteiger partial charge in [-0.15, -0.1) is 11.6 Å². The van der Waals surface area contributed by atoms with Crippen molar-refractivity contribution in [2.45, 2.75) is 52.0 Å². The molecule has 0 atom stereocenters. The summed E-state index contributed by atoms with van der Waals surface area (Å²) in [4.78, 5) is 2.67. The fourth-order valence-corrected chi connectivity index (χ4v) is 1.94. The summed E-state index contributed by atoms with van der Waals surface area (Å²) in [6.07, 6.45) is 6.65. The molecule has 0 aromatic heterocycles. The van der Waals surface area contributed by atoms with Gasteiger partial charge in [0, 0.05) is 11.9 Å². The third-order valence-electron chi connectivity index (χ3n) is 2.89. The molecule has 1 aliphatic rings. The van der Waals surface area contributed by atoms with E-state index in [1.165, 1.54) is 45.2 Å². The third-order valence-corrected chi connectivity index (χ3v) is 3.15. The summed E-state index contributed by atoms with van der Waals surface area (Å²) in [5.74, 6) is 1.66. The lowest BCUT2D eigenvalue weighted by Gasteiger charge is -2.22. The van der Waals surface area contributed by atoms with Gasteiger partial charge in [0.25, 0.3) is 0 Å². The Morgan fingerprint density at radius 3 is 2.43 bits per heavy atom. The van der Waals surface area contributed by atoms with Crippen molar-refractivity contribution in [3.05, 3.63) is 0 Å². The van der Waals surface area contributed by atoms with E-state index in [2.05, 4.69) is 18.7 Å². The Hall–Kier alpha value is 0.250. The third kappa shape index (κ3) is 5.21. The lowest BCUT2D eigenvalue weighted by molar-refractivity contribution is 0.244. The summed E-state index contributed by atoms with van der Waals surface area (Å²) in [6, 6.07) is 0.920. The van der Waals surface area contributed by atoms with Crippen LogP contribution in [0.3, 0.4) is 0 Å². The minimum absolute atomic E-state index is 0.822. The highest BCUT2D eigenvalue weighted by molar-refractivity contribution is 6.17. The van der Waals surface area contributed by atoms with E-state index in [9.17, 15) is 0 Å². The molecule has 1 nitrogen and oxygen atoms in total. The van der Waals surface area contributed by atoms with Gasteiger partial charge in [-0.3, -0.25) is 0 Å². The van der Waals surface area contributed by atoms with E-state index < -0.39 is 0 Å². The van der Waals surface area contributed by atoms with Crippen LogP contribution in [0.2, 0.25) is 0 Å². The van der Waals surface area contributed by atoms with Gasteiger partial charge in [-0.2, -0.15) is 0 Å². The van der Waals surface area contributed by atoms with Gasteiger partial charge in [-0.1, -0.05) is 13.8 Å². The predicted octanol–water partition coefficient (Wildman–Crippen LogP) is 3.52. The number of rotatable bonds is 8. The summed E-state index contributed by atoms with van der Waals surface area (Å²) in [5.41, 5.74) is 0. The SMILES string of the molecule is CC(C)CCN(CCCCCl)C1CC1. The smallest absolute Gasteiger partial charge is 0.0223 e. The lowest BCUT2D eigenvalue weighted by Crippen LogP contribution is -2.29. The molecule has 0 bridgehead atoms. The summed E-state index contributed by atoms with van der Waals surface area (Å²) < 4.78 is 0. The quantitative estimate of drug-likeness (QED) is 0.444. The van der Waals surface area contributed by atoms with E-state index in [-0.39, 0.29) is 0 Å². The van der Waals surface area contributed by atoms with Crippen molar-refractivity contribution >= 4 is 11.6 Å². The average Bonchev–Trinajstić information content (AvgIpc) is 2.94. The van der Waals surface area contributed by atoms with Gasteiger partial charge in [0.1, 0.15) is 0 Å². The van der Waals surface area contributed by atoms with E-state index >= 15 is 0 Å².